The summed E-state index contributed by atoms with van der Waals surface area (Å²) in [6, 6.07) is 5.50. The fraction of sp³-hybridized carbons (Fsp3) is 0.450. The Labute approximate surface area is 159 Å². The minimum Gasteiger partial charge on any atom is -0.466 e. The summed E-state index contributed by atoms with van der Waals surface area (Å²) in [6.45, 7) is 6.39. The third-order valence-corrected chi connectivity index (χ3v) is 4.23. The molecule has 1 aromatic rings. The first kappa shape index (κ1) is 20.5. The van der Waals surface area contributed by atoms with Crippen LogP contribution in [0.2, 0.25) is 0 Å². The number of nitrogens with one attached hydrogen (secondary N) is 1. The van der Waals surface area contributed by atoms with Crippen molar-refractivity contribution in [3.63, 3.8) is 0 Å². The number of hydrogen-bond donors (Lipinski definition) is 1. The zero-order valence-corrected chi connectivity index (χ0v) is 16.4. The third kappa shape index (κ3) is 4.87. The van der Waals surface area contributed by atoms with Gasteiger partial charge in [0.1, 0.15) is 5.70 Å². The van der Waals surface area contributed by atoms with E-state index in [2.05, 4.69) is 10.1 Å². The first-order valence-corrected chi connectivity index (χ1v) is 8.77. The molecular formula is C20H26N2O5. The highest BCUT2D eigenvalue weighted by molar-refractivity contribution is 6.00. The van der Waals surface area contributed by atoms with Gasteiger partial charge in [-0.05, 0) is 36.6 Å². The highest BCUT2D eigenvalue weighted by Crippen LogP contribution is 2.33. The van der Waals surface area contributed by atoms with Crippen LogP contribution in [0.15, 0.2) is 30.0 Å². The number of ether oxygens (including phenoxy) is 2. The van der Waals surface area contributed by atoms with Crippen molar-refractivity contribution < 1.29 is 23.9 Å². The number of carbonyl (C=O) groups is 3. The molecular weight excluding hydrogens is 348 g/mol. The molecule has 27 heavy (non-hydrogen) atoms. The summed E-state index contributed by atoms with van der Waals surface area (Å²) in [5.74, 6) is -1.27. The van der Waals surface area contributed by atoms with Crippen molar-refractivity contribution in [3.8, 4) is 0 Å². The van der Waals surface area contributed by atoms with Crippen LogP contribution >= 0.6 is 0 Å². The van der Waals surface area contributed by atoms with Crippen molar-refractivity contribution in [2.75, 3.05) is 31.0 Å². The quantitative estimate of drug-likeness (QED) is 0.644. The van der Waals surface area contributed by atoms with E-state index < -0.39 is 17.4 Å². The number of carbonyl (C=O) groups excluding carboxylic acids is 3. The lowest BCUT2D eigenvalue weighted by molar-refractivity contribution is -0.138. The van der Waals surface area contributed by atoms with Crippen molar-refractivity contribution in [2.24, 2.45) is 5.41 Å². The maximum atomic E-state index is 12.7. The van der Waals surface area contributed by atoms with E-state index in [-0.39, 0.29) is 11.6 Å². The summed E-state index contributed by atoms with van der Waals surface area (Å²) >= 11 is 0. The van der Waals surface area contributed by atoms with Crippen LogP contribution in [-0.4, -0.2) is 38.6 Å². The van der Waals surface area contributed by atoms with Crippen molar-refractivity contribution >= 4 is 29.2 Å². The minimum atomic E-state index is -0.678. The smallest absolute Gasteiger partial charge is 0.354 e. The second-order valence-corrected chi connectivity index (χ2v) is 7.35. The molecule has 0 bridgehead atoms. The van der Waals surface area contributed by atoms with Gasteiger partial charge in [-0.25, -0.2) is 9.59 Å². The molecule has 1 aliphatic rings. The Bertz CT molecular complexity index is 777. The van der Waals surface area contributed by atoms with Gasteiger partial charge in [-0.2, -0.15) is 0 Å². The van der Waals surface area contributed by atoms with Crippen LogP contribution in [0.25, 0.3) is 0 Å². The molecule has 1 aromatic carbocycles. The molecule has 0 aliphatic carbocycles. The lowest BCUT2D eigenvalue weighted by atomic mass is 9.92. The Morgan fingerprint density at radius 1 is 1.15 bits per heavy atom. The second kappa shape index (κ2) is 8.24. The Hall–Kier alpha value is -2.83. The highest BCUT2D eigenvalue weighted by Gasteiger charge is 2.31. The average molecular weight is 374 g/mol. The van der Waals surface area contributed by atoms with E-state index in [0.717, 1.165) is 30.2 Å². The summed E-state index contributed by atoms with van der Waals surface area (Å²) in [5.41, 5.74) is 2.02. The number of esters is 2. The molecule has 0 saturated carbocycles. The SMILES string of the molecule is COC(=O)/C=C(/Nc1ccc2c(c1)CCCN2C(=O)C(C)(C)C)C(=O)OC. The van der Waals surface area contributed by atoms with Gasteiger partial charge in [0, 0.05) is 23.3 Å². The molecule has 1 heterocycles. The van der Waals surface area contributed by atoms with Gasteiger partial charge in [0.25, 0.3) is 0 Å². The van der Waals surface area contributed by atoms with E-state index in [1.807, 2.05) is 37.8 Å². The summed E-state index contributed by atoms with van der Waals surface area (Å²) in [7, 11) is 2.46. The molecule has 1 N–H and O–H groups in total. The number of amides is 1. The summed E-state index contributed by atoms with van der Waals surface area (Å²) in [6.07, 6.45) is 2.73. The van der Waals surface area contributed by atoms with E-state index in [1.165, 1.54) is 14.2 Å². The second-order valence-electron chi connectivity index (χ2n) is 7.35. The van der Waals surface area contributed by atoms with E-state index in [0.29, 0.717) is 12.2 Å². The molecule has 0 spiro atoms. The number of benzene rings is 1. The molecule has 1 aliphatic heterocycles. The van der Waals surface area contributed by atoms with Crippen LogP contribution in [0.5, 0.6) is 0 Å². The topological polar surface area (TPSA) is 84.9 Å². The Kier molecular flexibility index (Phi) is 6.25. The molecule has 0 aromatic heterocycles. The molecule has 146 valence electrons. The van der Waals surface area contributed by atoms with Gasteiger partial charge in [0.15, 0.2) is 0 Å². The number of aryl methyl sites for hydroxylation is 1. The van der Waals surface area contributed by atoms with Gasteiger partial charge >= 0.3 is 11.9 Å². The molecule has 0 unspecified atom stereocenters. The zero-order chi connectivity index (χ0) is 20.2. The standard InChI is InChI=1S/C20H26N2O5/c1-20(2,3)19(25)22-10-6-7-13-11-14(8-9-16(13)22)21-15(18(24)27-5)12-17(23)26-4/h8-9,11-12,21H,6-7,10H2,1-5H3/b15-12+. The van der Waals surface area contributed by atoms with Crippen LogP contribution in [0.4, 0.5) is 11.4 Å². The van der Waals surface area contributed by atoms with E-state index >= 15 is 0 Å². The predicted molar refractivity (Wildman–Crippen MR) is 102 cm³/mol. The van der Waals surface area contributed by atoms with E-state index in [1.54, 1.807) is 6.07 Å². The maximum Gasteiger partial charge on any atom is 0.354 e. The molecule has 0 radical (unpaired) electrons. The Morgan fingerprint density at radius 3 is 2.44 bits per heavy atom. The van der Waals surface area contributed by atoms with Crippen molar-refractivity contribution in [1.29, 1.82) is 0 Å². The summed E-state index contributed by atoms with van der Waals surface area (Å²) in [5, 5.41) is 2.90. The number of nitrogens with zero attached hydrogens (tertiary/aromatic N) is 1. The van der Waals surface area contributed by atoms with Gasteiger partial charge in [-0.3, -0.25) is 4.79 Å². The molecule has 1 amide bonds. The summed E-state index contributed by atoms with van der Waals surface area (Å²) < 4.78 is 9.27. The van der Waals surface area contributed by atoms with E-state index in [4.69, 9.17) is 4.74 Å². The first-order chi connectivity index (χ1) is 12.7. The largest absolute Gasteiger partial charge is 0.466 e. The lowest BCUT2D eigenvalue weighted by Crippen LogP contribution is -2.42. The van der Waals surface area contributed by atoms with Crippen molar-refractivity contribution in [3.05, 3.63) is 35.5 Å². The van der Waals surface area contributed by atoms with Crippen molar-refractivity contribution in [1.82, 2.24) is 0 Å². The number of methoxy groups -OCH3 is 2. The molecule has 7 heteroatoms. The van der Waals surface area contributed by atoms with E-state index in [9.17, 15) is 14.4 Å². The lowest BCUT2D eigenvalue weighted by Gasteiger charge is -2.34. The van der Waals surface area contributed by atoms with Crippen LogP contribution in [0.3, 0.4) is 0 Å². The fourth-order valence-corrected chi connectivity index (χ4v) is 2.88. The highest BCUT2D eigenvalue weighted by atomic mass is 16.5. The maximum absolute atomic E-state index is 12.7. The third-order valence-electron chi connectivity index (χ3n) is 4.23. The molecule has 7 nitrogen and oxygen atoms in total. The minimum absolute atomic E-state index is 0.0252. The molecule has 0 fully saturated rings. The van der Waals surface area contributed by atoms with Gasteiger partial charge in [-0.1, -0.05) is 20.8 Å². The van der Waals surface area contributed by atoms with Gasteiger partial charge < -0.3 is 19.7 Å². The van der Waals surface area contributed by atoms with Gasteiger partial charge in [0.05, 0.1) is 20.3 Å². The van der Waals surface area contributed by atoms with Gasteiger partial charge in [0.2, 0.25) is 5.91 Å². The first-order valence-electron chi connectivity index (χ1n) is 8.77. The predicted octanol–water partition coefficient (Wildman–Crippen LogP) is 2.65. The monoisotopic (exact) mass is 374 g/mol. The van der Waals surface area contributed by atoms with Crippen molar-refractivity contribution in [2.45, 2.75) is 33.6 Å². The zero-order valence-electron chi connectivity index (χ0n) is 16.4. The summed E-state index contributed by atoms with van der Waals surface area (Å²) in [4.78, 5) is 37.9. The normalized spacial score (nSPS) is 14.3. The number of anilines is 2. The molecule has 0 saturated heterocycles. The average Bonchev–Trinajstić information content (AvgIpc) is 2.64. The van der Waals surface area contributed by atoms with Crippen LogP contribution in [0.1, 0.15) is 32.8 Å². The number of rotatable bonds is 4. The fourth-order valence-electron chi connectivity index (χ4n) is 2.88. The number of fused-ring (bicyclic) bond motifs is 1. The van der Waals surface area contributed by atoms with Crippen LogP contribution < -0.4 is 10.2 Å². The van der Waals surface area contributed by atoms with Crippen LogP contribution in [-0.2, 0) is 30.3 Å². The Balaban J connectivity index is 2.32. The van der Waals surface area contributed by atoms with Gasteiger partial charge in [-0.15, -0.1) is 0 Å². The number of hydrogen-bond acceptors (Lipinski definition) is 6. The van der Waals surface area contributed by atoms with Crippen LogP contribution in [0, 0.1) is 5.41 Å². The Morgan fingerprint density at radius 2 is 1.85 bits per heavy atom. The molecule has 0 atom stereocenters. The molecule has 2 rings (SSSR count).